The zero-order chi connectivity index (χ0) is 15.4. The van der Waals surface area contributed by atoms with Crippen molar-refractivity contribution in [2.45, 2.75) is 38.0 Å². The van der Waals surface area contributed by atoms with Gasteiger partial charge in [0.25, 0.3) is 0 Å². The van der Waals surface area contributed by atoms with E-state index in [1.54, 1.807) is 19.3 Å². The number of carbonyl (C=O) groups is 1. The molecule has 0 unspecified atom stereocenters. The van der Waals surface area contributed by atoms with Crippen LogP contribution in [0.25, 0.3) is 0 Å². The largest absolute Gasteiger partial charge is 0.478 e. The van der Waals surface area contributed by atoms with E-state index in [1.807, 2.05) is 19.9 Å². The van der Waals surface area contributed by atoms with E-state index in [0.717, 1.165) is 11.1 Å². The van der Waals surface area contributed by atoms with Crippen molar-refractivity contribution in [3.8, 4) is 0 Å². The van der Waals surface area contributed by atoms with Crippen molar-refractivity contribution in [3.05, 3.63) is 46.7 Å². The number of nitrogens with zero attached hydrogens (tertiary/aromatic N) is 3. The third-order valence-corrected chi connectivity index (χ3v) is 3.99. The van der Waals surface area contributed by atoms with E-state index in [2.05, 4.69) is 15.0 Å². The van der Waals surface area contributed by atoms with Crippen molar-refractivity contribution in [1.82, 2.24) is 15.0 Å². The summed E-state index contributed by atoms with van der Waals surface area (Å²) in [7, 11) is 0. The summed E-state index contributed by atoms with van der Waals surface area (Å²) in [5, 5.41) is 9.87. The lowest BCUT2D eigenvalue weighted by Crippen LogP contribution is -2.09. The summed E-state index contributed by atoms with van der Waals surface area (Å²) < 4.78 is 0. The van der Waals surface area contributed by atoms with Crippen molar-refractivity contribution in [1.29, 1.82) is 0 Å². The first kappa shape index (κ1) is 15.4. The van der Waals surface area contributed by atoms with E-state index < -0.39 is 5.97 Å². The highest BCUT2D eigenvalue weighted by Gasteiger charge is 2.18. The van der Waals surface area contributed by atoms with Gasteiger partial charge in [0.05, 0.1) is 5.69 Å². The molecule has 2 heterocycles. The molecule has 2 aromatic rings. The predicted octanol–water partition coefficient (Wildman–Crippen LogP) is 3.04. The summed E-state index contributed by atoms with van der Waals surface area (Å²) >= 11 is 1.41. The molecule has 0 radical (unpaired) electrons. The van der Waals surface area contributed by atoms with Gasteiger partial charge in [0.2, 0.25) is 0 Å². The van der Waals surface area contributed by atoms with Crippen molar-refractivity contribution in [2.24, 2.45) is 0 Å². The van der Waals surface area contributed by atoms with Gasteiger partial charge in [-0.25, -0.2) is 14.8 Å². The highest BCUT2D eigenvalue weighted by molar-refractivity contribution is 7.98. The van der Waals surface area contributed by atoms with Crippen LogP contribution in [0.3, 0.4) is 0 Å². The Labute approximate surface area is 127 Å². The summed E-state index contributed by atoms with van der Waals surface area (Å²) in [5.74, 6) is 0.316. The Balaban J connectivity index is 2.29. The molecule has 0 aromatic carbocycles. The van der Waals surface area contributed by atoms with Crippen molar-refractivity contribution >= 4 is 17.7 Å². The Morgan fingerprint density at radius 3 is 2.67 bits per heavy atom. The van der Waals surface area contributed by atoms with Crippen molar-refractivity contribution in [2.75, 3.05) is 0 Å². The first-order valence-electron chi connectivity index (χ1n) is 6.65. The van der Waals surface area contributed by atoms with Crippen molar-refractivity contribution < 1.29 is 9.90 Å². The van der Waals surface area contributed by atoms with Crippen LogP contribution >= 0.6 is 11.8 Å². The number of aryl methyl sites for hydroxylation is 3. The predicted molar refractivity (Wildman–Crippen MR) is 81.6 cm³/mol. The molecular weight excluding hydrogens is 286 g/mol. The van der Waals surface area contributed by atoms with E-state index in [9.17, 15) is 9.90 Å². The summed E-state index contributed by atoms with van der Waals surface area (Å²) in [4.78, 5) is 24.1. The first-order chi connectivity index (χ1) is 10.0. The average Bonchev–Trinajstić information content (AvgIpc) is 2.44. The van der Waals surface area contributed by atoms with E-state index in [1.165, 1.54) is 11.8 Å². The Bertz CT molecular complexity index is 674. The van der Waals surface area contributed by atoms with Crippen LogP contribution in [0.5, 0.6) is 0 Å². The van der Waals surface area contributed by atoms with Crippen LogP contribution in [0.1, 0.15) is 39.9 Å². The number of thioether (sulfide) groups is 1. The highest BCUT2D eigenvalue weighted by atomic mass is 32.2. The van der Waals surface area contributed by atoms with E-state index >= 15 is 0 Å². The van der Waals surface area contributed by atoms with Crippen LogP contribution in [-0.2, 0) is 12.2 Å². The van der Waals surface area contributed by atoms with Gasteiger partial charge in [0.1, 0.15) is 16.4 Å². The normalized spacial score (nSPS) is 10.6. The minimum absolute atomic E-state index is 0.192. The summed E-state index contributed by atoms with van der Waals surface area (Å²) in [5.41, 5.74) is 2.84. The molecule has 0 aliphatic carbocycles. The number of carboxylic acid groups (broad SMARTS) is 1. The summed E-state index contributed by atoms with van der Waals surface area (Å²) in [6.45, 7) is 5.64. The number of aromatic carboxylic acids is 1. The first-order valence-corrected chi connectivity index (χ1v) is 7.64. The highest BCUT2D eigenvalue weighted by Crippen LogP contribution is 2.26. The Kier molecular flexibility index (Phi) is 4.90. The second-order valence-electron chi connectivity index (χ2n) is 4.72. The van der Waals surface area contributed by atoms with Gasteiger partial charge in [0, 0.05) is 24.6 Å². The smallest absolute Gasteiger partial charge is 0.340 e. The molecule has 0 saturated heterocycles. The summed E-state index contributed by atoms with van der Waals surface area (Å²) in [6.07, 6.45) is 4.26. The molecule has 0 aliphatic heterocycles. The number of rotatable bonds is 5. The van der Waals surface area contributed by atoms with Gasteiger partial charge in [-0.2, -0.15) is 0 Å². The molecule has 0 spiro atoms. The van der Waals surface area contributed by atoms with Gasteiger partial charge in [-0.15, -0.1) is 11.8 Å². The monoisotopic (exact) mass is 303 g/mol. The lowest BCUT2D eigenvalue weighted by Gasteiger charge is -2.09. The summed E-state index contributed by atoms with van der Waals surface area (Å²) in [6, 6.07) is 2.04. The number of aromatic nitrogens is 3. The molecule has 0 saturated carbocycles. The van der Waals surface area contributed by atoms with E-state index in [0.29, 0.717) is 28.7 Å². The molecule has 0 amide bonds. The van der Waals surface area contributed by atoms with Gasteiger partial charge in [-0.05, 0) is 25.0 Å². The van der Waals surface area contributed by atoms with Crippen LogP contribution in [0.4, 0.5) is 0 Å². The minimum atomic E-state index is -0.986. The Morgan fingerprint density at radius 1 is 1.29 bits per heavy atom. The topological polar surface area (TPSA) is 76.0 Å². The fourth-order valence-electron chi connectivity index (χ4n) is 1.96. The Hall–Kier alpha value is -1.95. The maximum atomic E-state index is 11.4. The number of hydrogen-bond donors (Lipinski definition) is 1. The second-order valence-corrected chi connectivity index (χ2v) is 5.69. The van der Waals surface area contributed by atoms with Crippen LogP contribution in [0.15, 0.2) is 23.5 Å². The standard InChI is InChI=1S/C15H17N3O2S/c1-4-12-17-10(3)13(15(19)20)14(18-12)21-8-11-5-9(2)6-16-7-11/h5-7H,4,8H2,1-3H3,(H,19,20). The molecule has 110 valence electrons. The van der Waals surface area contributed by atoms with E-state index in [-0.39, 0.29) is 5.56 Å². The molecule has 21 heavy (non-hydrogen) atoms. The van der Waals surface area contributed by atoms with Crippen LogP contribution in [-0.4, -0.2) is 26.0 Å². The average molecular weight is 303 g/mol. The molecule has 0 atom stereocenters. The van der Waals surface area contributed by atoms with Crippen molar-refractivity contribution in [3.63, 3.8) is 0 Å². The van der Waals surface area contributed by atoms with Gasteiger partial charge in [-0.1, -0.05) is 13.0 Å². The van der Waals surface area contributed by atoms with Gasteiger partial charge in [0.15, 0.2) is 0 Å². The number of hydrogen-bond acceptors (Lipinski definition) is 5. The molecule has 0 fully saturated rings. The van der Waals surface area contributed by atoms with Crippen LogP contribution in [0, 0.1) is 13.8 Å². The molecular formula is C15H17N3O2S. The third kappa shape index (κ3) is 3.78. The molecule has 2 rings (SSSR count). The number of pyridine rings is 1. The molecule has 5 nitrogen and oxygen atoms in total. The second kappa shape index (κ2) is 6.67. The van der Waals surface area contributed by atoms with E-state index in [4.69, 9.17) is 0 Å². The van der Waals surface area contributed by atoms with Gasteiger partial charge >= 0.3 is 5.97 Å². The molecule has 0 bridgehead atoms. The minimum Gasteiger partial charge on any atom is -0.478 e. The van der Waals surface area contributed by atoms with Gasteiger partial charge in [-0.3, -0.25) is 4.98 Å². The van der Waals surface area contributed by atoms with Crippen LogP contribution < -0.4 is 0 Å². The van der Waals surface area contributed by atoms with Gasteiger partial charge < -0.3 is 5.11 Å². The maximum absolute atomic E-state index is 11.4. The fraction of sp³-hybridized carbons (Fsp3) is 0.333. The third-order valence-electron chi connectivity index (χ3n) is 2.94. The lowest BCUT2D eigenvalue weighted by atomic mass is 10.2. The number of carboxylic acids is 1. The SMILES string of the molecule is CCc1nc(C)c(C(=O)O)c(SCc2cncc(C)c2)n1. The Morgan fingerprint density at radius 2 is 2.05 bits per heavy atom. The van der Waals surface area contributed by atoms with Crippen LogP contribution in [0.2, 0.25) is 0 Å². The zero-order valence-electron chi connectivity index (χ0n) is 12.3. The molecule has 2 aromatic heterocycles. The quantitative estimate of drug-likeness (QED) is 0.676. The zero-order valence-corrected chi connectivity index (χ0v) is 13.1. The lowest BCUT2D eigenvalue weighted by molar-refractivity contribution is 0.0690. The molecule has 1 N–H and O–H groups in total. The molecule has 6 heteroatoms. The fourth-order valence-corrected chi connectivity index (χ4v) is 2.97. The molecule has 0 aliphatic rings. The maximum Gasteiger partial charge on any atom is 0.340 e.